The lowest BCUT2D eigenvalue weighted by Crippen LogP contribution is -2.30. The summed E-state index contributed by atoms with van der Waals surface area (Å²) in [7, 11) is 0. The van der Waals surface area contributed by atoms with E-state index in [1.807, 2.05) is 30.3 Å². The van der Waals surface area contributed by atoms with E-state index < -0.39 is 11.2 Å². The number of rotatable bonds is 5. The molecule has 1 N–H and O–H groups in total. The van der Waals surface area contributed by atoms with E-state index in [1.54, 1.807) is 42.5 Å². The summed E-state index contributed by atoms with van der Waals surface area (Å²) in [5.74, 6) is -0.892. The molecule has 0 saturated carbocycles. The maximum absolute atomic E-state index is 13.5. The van der Waals surface area contributed by atoms with E-state index in [-0.39, 0.29) is 21.5 Å². The molecule has 0 radical (unpaired) electrons. The van der Waals surface area contributed by atoms with Crippen LogP contribution in [0.2, 0.25) is 15.1 Å². The van der Waals surface area contributed by atoms with Gasteiger partial charge in [0.1, 0.15) is 16.7 Å². The van der Waals surface area contributed by atoms with Gasteiger partial charge in [0.15, 0.2) is 0 Å². The minimum Gasteiger partial charge on any atom is -0.321 e. The van der Waals surface area contributed by atoms with Crippen molar-refractivity contribution in [3.05, 3.63) is 104 Å². The zero-order chi connectivity index (χ0) is 24.2. The minimum absolute atomic E-state index is 0.185. The van der Waals surface area contributed by atoms with E-state index >= 15 is 0 Å². The van der Waals surface area contributed by atoms with Crippen molar-refractivity contribution in [2.45, 2.75) is 11.7 Å². The van der Waals surface area contributed by atoms with Gasteiger partial charge in [0.2, 0.25) is 5.91 Å². The number of hydrogen-bond acceptors (Lipinski definition) is 4. The fourth-order valence-electron chi connectivity index (χ4n) is 3.43. The average molecular weight is 529 g/mol. The van der Waals surface area contributed by atoms with Crippen LogP contribution in [-0.2, 0) is 16.0 Å². The Kier molecular flexibility index (Phi) is 7.50. The molecule has 5 nitrogen and oxygen atoms in total. The number of nitrogens with one attached hydrogen (secondary N) is 1. The lowest BCUT2D eigenvalue weighted by molar-refractivity contribution is -0.117. The van der Waals surface area contributed by atoms with Crippen molar-refractivity contribution in [1.29, 1.82) is 5.26 Å². The Labute approximate surface area is 215 Å². The van der Waals surface area contributed by atoms with Crippen molar-refractivity contribution in [2.75, 3.05) is 10.2 Å². The summed E-state index contributed by atoms with van der Waals surface area (Å²) in [6.45, 7) is 0. The lowest BCUT2D eigenvalue weighted by Gasteiger charge is -2.18. The Balaban J connectivity index is 1.72. The van der Waals surface area contributed by atoms with Crippen LogP contribution in [0.1, 0.15) is 5.56 Å². The second-order valence-electron chi connectivity index (χ2n) is 7.29. The molecule has 1 aliphatic heterocycles. The van der Waals surface area contributed by atoms with Crippen LogP contribution in [0, 0.1) is 11.3 Å². The number of nitrogens with zero attached hydrogens (tertiary/aromatic N) is 2. The summed E-state index contributed by atoms with van der Waals surface area (Å²) in [6, 6.07) is 22.8. The number of halogens is 3. The van der Waals surface area contributed by atoms with E-state index in [0.717, 1.165) is 5.56 Å². The third-order valence-electron chi connectivity index (χ3n) is 5.06. The molecule has 9 heteroatoms. The van der Waals surface area contributed by atoms with Crippen molar-refractivity contribution < 1.29 is 9.59 Å². The van der Waals surface area contributed by atoms with Crippen LogP contribution in [0.25, 0.3) is 0 Å². The fraction of sp³-hybridized carbons (Fsp3) is 0.0800. The van der Waals surface area contributed by atoms with E-state index in [9.17, 15) is 14.9 Å². The van der Waals surface area contributed by atoms with Crippen molar-refractivity contribution >= 4 is 69.8 Å². The first-order valence-corrected chi connectivity index (χ1v) is 12.1. The highest BCUT2D eigenvalue weighted by molar-refractivity contribution is 8.05. The molecule has 34 heavy (non-hydrogen) atoms. The molecule has 4 rings (SSSR count). The van der Waals surface area contributed by atoms with E-state index in [0.29, 0.717) is 27.8 Å². The SMILES string of the molecule is N#C/C(C(=O)Nc1ccc(Cl)c(Cl)c1)=C1/SC(Cc2ccccc2Cl)C(=O)N1c1ccccc1. The number of thioether (sulfide) groups is 1. The van der Waals surface area contributed by atoms with Crippen LogP contribution < -0.4 is 10.2 Å². The number of para-hydroxylation sites is 1. The van der Waals surface area contributed by atoms with Crippen molar-refractivity contribution in [3.63, 3.8) is 0 Å². The molecule has 170 valence electrons. The first-order chi connectivity index (χ1) is 16.4. The Hall–Kier alpha value is -2.95. The molecule has 0 aliphatic carbocycles. The Morgan fingerprint density at radius 1 is 0.971 bits per heavy atom. The molecule has 0 spiro atoms. The smallest absolute Gasteiger partial charge is 0.269 e. The number of anilines is 2. The van der Waals surface area contributed by atoms with Crippen LogP contribution in [0.5, 0.6) is 0 Å². The van der Waals surface area contributed by atoms with E-state index in [1.165, 1.54) is 22.7 Å². The molecule has 1 heterocycles. The van der Waals surface area contributed by atoms with E-state index in [4.69, 9.17) is 34.8 Å². The maximum atomic E-state index is 13.5. The van der Waals surface area contributed by atoms with Crippen LogP contribution in [0.3, 0.4) is 0 Å². The molecule has 1 aliphatic rings. The third-order valence-corrected chi connectivity index (χ3v) is 7.43. The zero-order valence-corrected chi connectivity index (χ0v) is 20.6. The van der Waals surface area contributed by atoms with Gasteiger partial charge in [-0.25, -0.2) is 0 Å². The van der Waals surface area contributed by atoms with Crippen molar-refractivity contribution in [1.82, 2.24) is 0 Å². The number of nitriles is 1. The highest BCUT2D eigenvalue weighted by Gasteiger charge is 2.41. The topological polar surface area (TPSA) is 73.2 Å². The lowest BCUT2D eigenvalue weighted by atomic mass is 10.1. The number of benzene rings is 3. The molecule has 3 aromatic carbocycles. The quantitative estimate of drug-likeness (QED) is 0.295. The third kappa shape index (κ3) is 5.08. The molecule has 0 aromatic heterocycles. The van der Waals surface area contributed by atoms with Gasteiger partial charge in [0.25, 0.3) is 5.91 Å². The number of carbonyl (C=O) groups is 2. The summed E-state index contributed by atoms with van der Waals surface area (Å²) in [5.41, 5.74) is 1.56. The van der Waals surface area contributed by atoms with Crippen LogP contribution >= 0.6 is 46.6 Å². The van der Waals surface area contributed by atoms with Crippen LogP contribution in [-0.4, -0.2) is 17.1 Å². The van der Waals surface area contributed by atoms with Crippen molar-refractivity contribution in [2.24, 2.45) is 0 Å². The molecule has 3 aromatic rings. The van der Waals surface area contributed by atoms with Crippen LogP contribution in [0.4, 0.5) is 11.4 Å². The Morgan fingerprint density at radius 3 is 2.35 bits per heavy atom. The molecule has 0 bridgehead atoms. The Bertz CT molecular complexity index is 1340. The first-order valence-electron chi connectivity index (χ1n) is 10.1. The van der Waals surface area contributed by atoms with E-state index in [2.05, 4.69) is 5.32 Å². The van der Waals surface area contributed by atoms with Crippen LogP contribution in [0.15, 0.2) is 83.4 Å². The molecule has 1 fully saturated rings. The molecule has 1 saturated heterocycles. The second-order valence-corrected chi connectivity index (χ2v) is 9.70. The van der Waals surface area contributed by atoms with Crippen molar-refractivity contribution in [3.8, 4) is 6.07 Å². The number of amides is 2. The minimum atomic E-state index is -0.657. The van der Waals surface area contributed by atoms with Gasteiger partial charge in [-0.15, -0.1) is 0 Å². The van der Waals surface area contributed by atoms with Gasteiger partial charge in [-0.05, 0) is 48.4 Å². The molecule has 2 amide bonds. The second kappa shape index (κ2) is 10.5. The summed E-state index contributed by atoms with van der Waals surface area (Å²) >= 11 is 19.5. The molecular weight excluding hydrogens is 513 g/mol. The monoisotopic (exact) mass is 527 g/mol. The predicted octanol–water partition coefficient (Wildman–Crippen LogP) is 6.71. The highest BCUT2D eigenvalue weighted by atomic mass is 35.5. The summed E-state index contributed by atoms with van der Waals surface area (Å²) in [4.78, 5) is 28.0. The van der Waals surface area contributed by atoms with Gasteiger partial charge in [-0.3, -0.25) is 14.5 Å². The first kappa shape index (κ1) is 24.2. The summed E-state index contributed by atoms with van der Waals surface area (Å²) in [5, 5.41) is 13.4. The largest absolute Gasteiger partial charge is 0.321 e. The summed E-state index contributed by atoms with van der Waals surface area (Å²) < 4.78 is 0. The highest BCUT2D eigenvalue weighted by Crippen LogP contribution is 2.42. The van der Waals surface area contributed by atoms with Gasteiger partial charge in [-0.2, -0.15) is 5.26 Å². The molecule has 1 unspecified atom stereocenters. The number of carbonyl (C=O) groups excluding carboxylic acids is 2. The zero-order valence-electron chi connectivity index (χ0n) is 17.5. The fourth-order valence-corrected chi connectivity index (χ4v) is 5.24. The normalized spacial score (nSPS) is 16.8. The van der Waals surface area contributed by atoms with Gasteiger partial charge >= 0.3 is 0 Å². The Morgan fingerprint density at radius 2 is 1.68 bits per heavy atom. The number of hydrogen-bond donors (Lipinski definition) is 1. The standard InChI is InChI=1S/C25H16Cl3N3O2S/c26-19-9-5-4-6-15(19)12-22-24(33)31(17-7-2-1-3-8-17)25(34-22)18(14-29)23(32)30-16-10-11-20(27)21(28)13-16/h1-11,13,22H,12H2,(H,30,32)/b25-18-. The van der Waals surface area contributed by atoms with Gasteiger partial charge in [-0.1, -0.05) is 83.0 Å². The van der Waals surface area contributed by atoms with Gasteiger partial charge in [0.05, 0.1) is 15.3 Å². The summed E-state index contributed by atoms with van der Waals surface area (Å²) in [6.07, 6.45) is 0.350. The maximum Gasteiger partial charge on any atom is 0.269 e. The van der Waals surface area contributed by atoms with Gasteiger partial charge < -0.3 is 5.32 Å². The molecule has 1 atom stereocenters. The average Bonchev–Trinajstić information content (AvgIpc) is 3.14. The van der Waals surface area contributed by atoms with Gasteiger partial charge in [0, 0.05) is 16.4 Å². The predicted molar refractivity (Wildman–Crippen MR) is 138 cm³/mol. The molecular formula is C25H16Cl3N3O2S.